The summed E-state index contributed by atoms with van der Waals surface area (Å²) in [6.07, 6.45) is 3.70. The third-order valence-corrected chi connectivity index (χ3v) is 5.16. The molecule has 1 nitrogen and oxygen atoms in total. The van der Waals surface area contributed by atoms with Gasteiger partial charge in [-0.15, -0.1) is 0 Å². The van der Waals surface area contributed by atoms with Crippen molar-refractivity contribution in [2.24, 2.45) is 0 Å². The summed E-state index contributed by atoms with van der Waals surface area (Å²) < 4.78 is 0. The highest BCUT2D eigenvalue weighted by atomic mass is 14.9. The normalized spacial score (nSPS) is 17.5. The summed E-state index contributed by atoms with van der Waals surface area (Å²) in [6.45, 7) is 4.39. The molecule has 110 valence electrons. The van der Waals surface area contributed by atoms with Crippen molar-refractivity contribution in [3.63, 3.8) is 0 Å². The highest BCUT2D eigenvalue weighted by molar-refractivity contribution is 5.36. The molecule has 0 aliphatic heterocycles. The van der Waals surface area contributed by atoms with Crippen LogP contribution in [0.25, 0.3) is 0 Å². The van der Waals surface area contributed by atoms with Crippen LogP contribution in [-0.4, -0.2) is 13.1 Å². The molecule has 1 heteroatoms. The molecule has 0 heterocycles. The lowest BCUT2D eigenvalue weighted by Crippen LogP contribution is -2.39. The zero-order chi connectivity index (χ0) is 14.9. The number of aryl methyl sites for hydroxylation is 2. The highest BCUT2D eigenvalue weighted by Crippen LogP contribution is 2.51. The molecule has 1 N–H and O–H groups in total. The van der Waals surface area contributed by atoms with Crippen LogP contribution in [0.5, 0.6) is 0 Å². The Hall–Kier alpha value is -1.60. The Morgan fingerprint density at radius 3 is 2.29 bits per heavy atom. The summed E-state index contributed by atoms with van der Waals surface area (Å²) in [5, 5.41) is 3.59. The van der Waals surface area contributed by atoms with E-state index in [0.717, 1.165) is 6.42 Å². The second-order valence-electron chi connectivity index (χ2n) is 6.49. The van der Waals surface area contributed by atoms with Crippen LogP contribution < -0.4 is 5.32 Å². The van der Waals surface area contributed by atoms with Crippen molar-refractivity contribution in [1.29, 1.82) is 0 Å². The summed E-state index contributed by atoms with van der Waals surface area (Å²) in [5.41, 5.74) is 6.05. The Bertz CT molecular complexity index is 611. The third-order valence-electron chi connectivity index (χ3n) is 5.16. The van der Waals surface area contributed by atoms with Crippen molar-refractivity contribution in [2.75, 3.05) is 7.05 Å². The zero-order valence-corrected chi connectivity index (χ0v) is 13.3. The van der Waals surface area contributed by atoms with Crippen molar-refractivity contribution in [3.05, 3.63) is 70.8 Å². The van der Waals surface area contributed by atoms with Gasteiger partial charge in [-0.25, -0.2) is 0 Å². The maximum absolute atomic E-state index is 3.59. The number of benzene rings is 2. The van der Waals surface area contributed by atoms with Crippen LogP contribution in [0.15, 0.2) is 48.5 Å². The Kier molecular flexibility index (Phi) is 3.86. The van der Waals surface area contributed by atoms with Crippen molar-refractivity contribution in [1.82, 2.24) is 5.32 Å². The molecule has 1 unspecified atom stereocenters. The Morgan fingerprint density at radius 1 is 1.00 bits per heavy atom. The molecule has 2 aromatic carbocycles. The number of rotatable bonds is 5. The van der Waals surface area contributed by atoms with Crippen LogP contribution in [0.1, 0.15) is 35.1 Å². The van der Waals surface area contributed by atoms with Gasteiger partial charge in [-0.05, 0) is 62.4 Å². The van der Waals surface area contributed by atoms with E-state index in [1.807, 2.05) is 0 Å². The fourth-order valence-electron chi connectivity index (χ4n) is 3.48. The number of nitrogens with one attached hydrogen (secondary N) is 1. The molecular weight excluding hydrogens is 254 g/mol. The van der Waals surface area contributed by atoms with Crippen molar-refractivity contribution < 1.29 is 0 Å². The van der Waals surface area contributed by atoms with E-state index < -0.39 is 0 Å². The smallest absolute Gasteiger partial charge is 0.0201 e. The van der Waals surface area contributed by atoms with Crippen LogP contribution in [0.4, 0.5) is 0 Å². The van der Waals surface area contributed by atoms with E-state index in [9.17, 15) is 0 Å². The molecule has 0 amide bonds. The molecule has 1 fully saturated rings. The van der Waals surface area contributed by atoms with Gasteiger partial charge < -0.3 is 5.32 Å². The minimum Gasteiger partial charge on any atom is -0.316 e. The molecule has 0 saturated heterocycles. The molecule has 3 rings (SSSR count). The van der Waals surface area contributed by atoms with Gasteiger partial charge in [-0.2, -0.15) is 0 Å². The summed E-state index contributed by atoms with van der Waals surface area (Å²) in [4.78, 5) is 0. The van der Waals surface area contributed by atoms with Gasteiger partial charge >= 0.3 is 0 Å². The lowest BCUT2D eigenvalue weighted by atomic mass is 9.84. The zero-order valence-electron chi connectivity index (χ0n) is 13.3. The standard InChI is InChI=1S/C20H25N/c1-15-9-10-17(13-16(15)2)14-19(21-3)20(11-12-20)18-7-5-4-6-8-18/h4-10,13,19,21H,11-12,14H2,1-3H3. The van der Waals surface area contributed by atoms with Gasteiger partial charge in [-0.1, -0.05) is 48.5 Å². The highest BCUT2D eigenvalue weighted by Gasteiger charge is 2.49. The summed E-state index contributed by atoms with van der Waals surface area (Å²) in [7, 11) is 2.11. The quantitative estimate of drug-likeness (QED) is 0.866. The molecule has 1 aliphatic rings. The van der Waals surface area contributed by atoms with E-state index in [2.05, 4.69) is 74.7 Å². The molecule has 2 aromatic rings. The third kappa shape index (κ3) is 2.75. The number of hydrogen-bond donors (Lipinski definition) is 1. The van der Waals surface area contributed by atoms with E-state index in [4.69, 9.17) is 0 Å². The second-order valence-corrected chi connectivity index (χ2v) is 6.49. The minimum atomic E-state index is 0.342. The van der Waals surface area contributed by atoms with Gasteiger partial charge in [-0.3, -0.25) is 0 Å². The monoisotopic (exact) mass is 279 g/mol. The fraction of sp³-hybridized carbons (Fsp3) is 0.400. The van der Waals surface area contributed by atoms with Crippen molar-refractivity contribution >= 4 is 0 Å². The molecule has 0 aromatic heterocycles. The summed E-state index contributed by atoms with van der Waals surface area (Å²) in [6, 6.07) is 18.4. The van der Waals surface area contributed by atoms with Crippen LogP contribution in [-0.2, 0) is 11.8 Å². The largest absolute Gasteiger partial charge is 0.316 e. The van der Waals surface area contributed by atoms with Crippen LogP contribution in [0.2, 0.25) is 0 Å². The molecule has 1 atom stereocenters. The lowest BCUT2D eigenvalue weighted by molar-refractivity contribution is 0.442. The average Bonchev–Trinajstić information content (AvgIpc) is 3.31. The average molecular weight is 279 g/mol. The molecule has 0 spiro atoms. The van der Waals surface area contributed by atoms with Gasteiger partial charge in [0.25, 0.3) is 0 Å². The lowest BCUT2D eigenvalue weighted by Gasteiger charge is -2.27. The first-order valence-electron chi connectivity index (χ1n) is 7.94. The van der Waals surface area contributed by atoms with Gasteiger partial charge in [0.1, 0.15) is 0 Å². The van der Waals surface area contributed by atoms with E-state index in [-0.39, 0.29) is 0 Å². The Labute approximate surface area is 128 Å². The summed E-state index contributed by atoms with van der Waals surface area (Å²) >= 11 is 0. The minimum absolute atomic E-state index is 0.342. The molecule has 0 bridgehead atoms. The van der Waals surface area contributed by atoms with Crippen LogP contribution in [0, 0.1) is 13.8 Å². The second kappa shape index (κ2) is 5.65. The van der Waals surface area contributed by atoms with E-state index in [0.29, 0.717) is 11.5 Å². The molecule has 21 heavy (non-hydrogen) atoms. The Morgan fingerprint density at radius 2 is 1.71 bits per heavy atom. The van der Waals surface area contributed by atoms with Crippen molar-refractivity contribution in [3.8, 4) is 0 Å². The van der Waals surface area contributed by atoms with E-state index in [1.165, 1.54) is 35.1 Å². The Balaban J connectivity index is 1.84. The van der Waals surface area contributed by atoms with Crippen LogP contribution in [0.3, 0.4) is 0 Å². The molecule has 1 saturated carbocycles. The first kappa shape index (κ1) is 14.3. The van der Waals surface area contributed by atoms with Crippen molar-refractivity contribution in [2.45, 2.75) is 44.6 Å². The molecular formula is C20H25N. The summed E-state index contributed by atoms with van der Waals surface area (Å²) in [5.74, 6) is 0. The number of hydrogen-bond acceptors (Lipinski definition) is 1. The fourth-order valence-corrected chi connectivity index (χ4v) is 3.48. The topological polar surface area (TPSA) is 12.0 Å². The maximum atomic E-state index is 3.59. The number of likely N-dealkylation sites (N-methyl/N-ethyl adjacent to an activating group) is 1. The molecule has 1 aliphatic carbocycles. The van der Waals surface area contributed by atoms with Gasteiger partial charge in [0.05, 0.1) is 0 Å². The first-order valence-corrected chi connectivity index (χ1v) is 7.94. The van der Waals surface area contributed by atoms with E-state index >= 15 is 0 Å². The maximum Gasteiger partial charge on any atom is 0.0201 e. The predicted octanol–water partition coefficient (Wildman–Crippen LogP) is 4.17. The van der Waals surface area contributed by atoms with Gasteiger partial charge in [0.2, 0.25) is 0 Å². The van der Waals surface area contributed by atoms with Gasteiger partial charge in [0, 0.05) is 11.5 Å². The van der Waals surface area contributed by atoms with Gasteiger partial charge in [0.15, 0.2) is 0 Å². The first-order chi connectivity index (χ1) is 10.2. The van der Waals surface area contributed by atoms with E-state index in [1.54, 1.807) is 0 Å². The SMILES string of the molecule is CNC(Cc1ccc(C)c(C)c1)C1(c2ccccc2)CC1. The predicted molar refractivity (Wildman–Crippen MR) is 89.8 cm³/mol. The molecule has 0 radical (unpaired) electrons. The van der Waals surface area contributed by atoms with Crippen LogP contribution >= 0.6 is 0 Å².